The fourth-order valence-corrected chi connectivity index (χ4v) is 2.30. The Morgan fingerprint density at radius 2 is 1.52 bits per heavy atom. The van der Waals surface area contributed by atoms with Gasteiger partial charge in [0.15, 0.2) is 0 Å². The molecule has 0 bridgehead atoms. The molecule has 0 saturated carbocycles. The fourth-order valence-electron chi connectivity index (χ4n) is 2.30. The zero-order valence-electron chi connectivity index (χ0n) is 12.7. The zero-order chi connectivity index (χ0) is 16.1. The highest BCUT2D eigenvalue weighted by Gasteiger charge is 2.03. The van der Waals surface area contributed by atoms with E-state index in [1.807, 2.05) is 72.8 Å². The lowest BCUT2D eigenvalue weighted by atomic mass is 10.0. The van der Waals surface area contributed by atoms with Gasteiger partial charge in [0.25, 0.3) is 0 Å². The lowest BCUT2D eigenvalue weighted by Crippen LogP contribution is -1.89. The molecule has 0 spiro atoms. The van der Waals surface area contributed by atoms with Crippen molar-refractivity contribution in [3.8, 4) is 11.1 Å². The topological polar surface area (TPSA) is 50.7 Å². The van der Waals surface area contributed by atoms with Crippen LogP contribution in [0.4, 0.5) is 17.1 Å². The van der Waals surface area contributed by atoms with Crippen LogP contribution < -0.4 is 5.73 Å². The number of nitrogen functional groups attached to an aromatic ring is 1. The Labute approximate surface area is 135 Å². The van der Waals surface area contributed by atoms with E-state index in [4.69, 9.17) is 5.73 Å². The van der Waals surface area contributed by atoms with Crippen LogP contribution in [0.2, 0.25) is 0 Å². The number of anilines is 1. The number of rotatable bonds is 4. The first-order chi connectivity index (χ1) is 11.3. The van der Waals surface area contributed by atoms with E-state index in [1.165, 1.54) is 0 Å². The van der Waals surface area contributed by atoms with Gasteiger partial charge >= 0.3 is 0 Å². The molecule has 0 radical (unpaired) electrons. The summed E-state index contributed by atoms with van der Waals surface area (Å²) in [6.07, 6.45) is 1.79. The summed E-state index contributed by atoms with van der Waals surface area (Å²) in [5, 5.41) is 8.60. The lowest BCUT2D eigenvalue weighted by molar-refractivity contribution is 1.23. The van der Waals surface area contributed by atoms with Crippen LogP contribution in [0.3, 0.4) is 0 Å². The van der Waals surface area contributed by atoms with Crippen molar-refractivity contribution in [3.63, 3.8) is 0 Å². The molecule has 0 unspecified atom stereocenters. The minimum absolute atomic E-state index is 0.726. The van der Waals surface area contributed by atoms with Crippen LogP contribution in [0.1, 0.15) is 5.56 Å². The van der Waals surface area contributed by atoms with E-state index in [0.717, 1.165) is 33.8 Å². The maximum Gasteiger partial charge on any atom is 0.0864 e. The van der Waals surface area contributed by atoms with Crippen molar-refractivity contribution in [3.05, 3.63) is 84.9 Å². The van der Waals surface area contributed by atoms with Gasteiger partial charge in [-0.05, 0) is 41.5 Å². The molecule has 0 saturated heterocycles. The average molecular weight is 299 g/mol. The van der Waals surface area contributed by atoms with Gasteiger partial charge in [-0.3, -0.25) is 0 Å². The predicted molar refractivity (Wildman–Crippen MR) is 97.0 cm³/mol. The van der Waals surface area contributed by atoms with Crippen LogP contribution in [0.15, 0.2) is 89.6 Å². The second kappa shape index (κ2) is 6.71. The number of hydrogen-bond donors (Lipinski definition) is 1. The zero-order valence-corrected chi connectivity index (χ0v) is 12.7. The fraction of sp³-hybridized carbons (Fsp3) is 0. The molecule has 0 aliphatic heterocycles. The molecule has 3 nitrogen and oxygen atoms in total. The van der Waals surface area contributed by atoms with E-state index in [2.05, 4.69) is 16.8 Å². The van der Waals surface area contributed by atoms with Gasteiger partial charge in [0, 0.05) is 11.3 Å². The molecule has 0 heterocycles. The Bertz CT molecular complexity index is 852. The maximum absolute atomic E-state index is 6.08. The van der Waals surface area contributed by atoms with Crippen molar-refractivity contribution in [2.75, 3.05) is 5.73 Å². The molecule has 3 rings (SSSR count). The van der Waals surface area contributed by atoms with Crippen LogP contribution in [0, 0.1) is 0 Å². The Hall–Kier alpha value is -3.20. The Kier molecular flexibility index (Phi) is 4.29. The summed E-state index contributed by atoms with van der Waals surface area (Å²) in [4.78, 5) is 0. The van der Waals surface area contributed by atoms with E-state index < -0.39 is 0 Å². The second-order valence-electron chi connectivity index (χ2n) is 5.14. The molecule has 112 valence electrons. The first kappa shape index (κ1) is 14.7. The predicted octanol–water partition coefficient (Wildman–Crippen LogP) is 5.99. The molecule has 0 aromatic heterocycles. The molecule has 0 fully saturated rings. The molecule has 23 heavy (non-hydrogen) atoms. The quantitative estimate of drug-likeness (QED) is 0.466. The highest BCUT2D eigenvalue weighted by molar-refractivity contribution is 5.78. The minimum atomic E-state index is 0.726. The van der Waals surface area contributed by atoms with Crippen molar-refractivity contribution in [2.45, 2.75) is 0 Å². The van der Waals surface area contributed by atoms with Gasteiger partial charge < -0.3 is 5.73 Å². The SMILES string of the molecule is C=Cc1cccc(N=Nc2ccc(N)c(-c3ccccc3)c2)c1. The summed E-state index contributed by atoms with van der Waals surface area (Å²) in [5.74, 6) is 0. The molecular formula is C20H17N3. The molecule has 3 aromatic carbocycles. The molecule has 0 atom stereocenters. The van der Waals surface area contributed by atoms with Crippen LogP contribution in [0.25, 0.3) is 17.2 Å². The number of nitrogens with zero attached hydrogens (tertiary/aromatic N) is 2. The Morgan fingerprint density at radius 1 is 0.783 bits per heavy atom. The molecular weight excluding hydrogens is 282 g/mol. The maximum atomic E-state index is 6.08. The lowest BCUT2D eigenvalue weighted by Gasteiger charge is -2.06. The van der Waals surface area contributed by atoms with Crippen molar-refractivity contribution in [1.82, 2.24) is 0 Å². The number of benzene rings is 3. The van der Waals surface area contributed by atoms with Gasteiger partial charge in [-0.25, -0.2) is 0 Å². The third-order valence-corrected chi connectivity index (χ3v) is 3.51. The van der Waals surface area contributed by atoms with Crippen molar-refractivity contribution in [1.29, 1.82) is 0 Å². The summed E-state index contributed by atoms with van der Waals surface area (Å²) >= 11 is 0. The summed E-state index contributed by atoms with van der Waals surface area (Å²) in [6.45, 7) is 3.76. The molecule has 3 heteroatoms. The molecule has 2 N–H and O–H groups in total. The van der Waals surface area contributed by atoms with Crippen LogP contribution in [0.5, 0.6) is 0 Å². The average Bonchev–Trinajstić information content (AvgIpc) is 2.62. The molecule has 0 aliphatic carbocycles. The van der Waals surface area contributed by atoms with Gasteiger partial charge in [-0.1, -0.05) is 55.1 Å². The summed E-state index contributed by atoms with van der Waals surface area (Å²) in [6, 6.07) is 23.4. The van der Waals surface area contributed by atoms with E-state index in [0.29, 0.717) is 0 Å². The van der Waals surface area contributed by atoms with E-state index in [1.54, 1.807) is 6.08 Å². The standard InChI is InChI=1S/C20H17N3/c1-2-15-7-6-10-17(13-15)22-23-18-11-12-20(21)19(14-18)16-8-4-3-5-9-16/h2-14H,1,21H2. The minimum Gasteiger partial charge on any atom is -0.398 e. The first-order valence-electron chi connectivity index (χ1n) is 7.35. The third-order valence-electron chi connectivity index (χ3n) is 3.51. The van der Waals surface area contributed by atoms with Crippen LogP contribution in [-0.4, -0.2) is 0 Å². The summed E-state index contributed by atoms with van der Waals surface area (Å²) < 4.78 is 0. The highest BCUT2D eigenvalue weighted by atomic mass is 15.1. The normalized spacial score (nSPS) is 10.8. The second-order valence-corrected chi connectivity index (χ2v) is 5.14. The van der Waals surface area contributed by atoms with Gasteiger partial charge in [0.05, 0.1) is 11.4 Å². The monoisotopic (exact) mass is 299 g/mol. The van der Waals surface area contributed by atoms with Gasteiger partial charge in [0.2, 0.25) is 0 Å². The Balaban J connectivity index is 1.92. The smallest absolute Gasteiger partial charge is 0.0864 e. The molecule has 0 amide bonds. The van der Waals surface area contributed by atoms with Gasteiger partial charge in [-0.15, -0.1) is 0 Å². The first-order valence-corrected chi connectivity index (χ1v) is 7.35. The Morgan fingerprint density at radius 3 is 2.26 bits per heavy atom. The van der Waals surface area contributed by atoms with Gasteiger partial charge in [-0.2, -0.15) is 10.2 Å². The van der Waals surface area contributed by atoms with Crippen LogP contribution >= 0.6 is 0 Å². The summed E-state index contributed by atoms with van der Waals surface area (Å²) in [7, 11) is 0. The van der Waals surface area contributed by atoms with Crippen molar-refractivity contribution in [2.24, 2.45) is 10.2 Å². The number of azo groups is 1. The summed E-state index contributed by atoms with van der Waals surface area (Å²) in [5.41, 5.74) is 11.4. The van der Waals surface area contributed by atoms with Crippen molar-refractivity contribution >= 4 is 23.1 Å². The van der Waals surface area contributed by atoms with Gasteiger partial charge in [0.1, 0.15) is 0 Å². The van der Waals surface area contributed by atoms with E-state index >= 15 is 0 Å². The number of nitrogens with two attached hydrogens (primary N) is 1. The largest absolute Gasteiger partial charge is 0.398 e. The van der Waals surface area contributed by atoms with Crippen molar-refractivity contribution < 1.29 is 0 Å². The molecule has 3 aromatic rings. The third kappa shape index (κ3) is 3.52. The van der Waals surface area contributed by atoms with E-state index in [-0.39, 0.29) is 0 Å². The number of hydrogen-bond acceptors (Lipinski definition) is 3. The van der Waals surface area contributed by atoms with Crippen LogP contribution in [-0.2, 0) is 0 Å². The van der Waals surface area contributed by atoms with E-state index in [9.17, 15) is 0 Å². The molecule has 0 aliphatic rings. The highest BCUT2D eigenvalue weighted by Crippen LogP contribution is 2.30.